The molecule has 0 fully saturated rings. The van der Waals surface area contributed by atoms with Crippen molar-refractivity contribution in [1.82, 2.24) is 0 Å². The largest absolute Gasteiger partial charge is 0.507 e. The predicted molar refractivity (Wildman–Crippen MR) is 309 cm³/mol. The van der Waals surface area contributed by atoms with E-state index in [1.165, 1.54) is 128 Å². The number of carbonyl (C=O) groups excluding carboxylic acids is 5. The Balaban J connectivity index is 1.62. The van der Waals surface area contributed by atoms with Crippen molar-refractivity contribution in [3.05, 3.63) is 33.9 Å². The molecule has 12 heteroatoms. The normalized spacial score (nSPS) is 12.7. The lowest BCUT2D eigenvalue weighted by atomic mass is 9.94. The fraction of sp³-hybridized carbons (Fsp3) is 0.800. The van der Waals surface area contributed by atoms with E-state index in [2.05, 4.69) is 20.8 Å². The van der Waals surface area contributed by atoms with Gasteiger partial charge in [-0.2, -0.15) is 0 Å². The van der Waals surface area contributed by atoms with Crippen LogP contribution in [0.5, 0.6) is 11.5 Å². The second kappa shape index (κ2) is 45.7. The Kier molecular flexibility index (Phi) is 41.0. The molecule has 1 heterocycles. The summed E-state index contributed by atoms with van der Waals surface area (Å²) in [4.78, 5) is 63.2. The Hall–Kier alpha value is -4.09. The molecule has 442 valence electrons. The number of esters is 5. The molecular formula is C65H110O12. The van der Waals surface area contributed by atoms with Crippen LogP contribution < -0.4 is 4.74 Å². The SMILES string of the molecule is CCCCCCCCCCCCCCCC(=O)OCC(COC(=O)CCCCCCCCCCCCCCC)OC(=O)CC(C)CCCCCCCCCOC(=O)CC/C(C)=C/Cc1c(O)c2c(c(C)c1OC)COC2=O. The van der Waals surface area contributed by atoms with Gasteiger partial charge >= 0.3 is 29.8 Å². The molecule has 0 aromatic heterocycles. The van der Waals surface area contributed by atoms with Crippen molar-refractivity contribution in [3.8, 4) is 11.5 Å². The predicted octanol–water partition coefficient (Wildman–Crippen LogP) is 17.3. The first kappa shape index (κ1) is 69.0. The van der Waals surface area contributed by atoms with Gasteiger partial charge in [0.15, 0.2) is 6.10 Å². The molecule has 12 nitrogen and oxygen atoms in total. The van der Waals surface area contributed by atoms with Gasteiger partial charge in [-0.25, -0.2) is 4.79 Å². The van der Waals surface area contributed by atoms with E-state index in [1.54, 1.807) is 7.11 Å². The summed E-state index contributed by atoms with van der Waals surface area (Å²) in [7, 11) is 1.54. The fourth-order valence-corrected chi connectivity index (χ4v) is 10.3. The minimum absolute atomic E-state index is 0.109. The molecule has 1 aliphatic heterocycles. The van der Waals surface area contributed by atoms with Gasteiger partial charge in [0.05, 0.1) is 13.7 Å². The van der Waals surface area contributed by atoms with Gasteiger partial charge in [0.25, 0.3) is 0 Å². The Morgan fingerprint density at radius 1 is 0.571 bits per heavy atom. The molecule has 1 aromatic rings. The molecule has 1 aromatic carbocycles. The first-order chi connectivity index (χ1) is 37.4. The molecule has 0 bridgehead atoms. The van der Waals surface area contributed by atoms with Crippen LogP contribution in [0.15, 0.2) is 11.6 Å². The minimum atomic E-state index is -0.833. The second-order valence-electron chi connectivity index (χ2n) is 22.4. The van der Waals surface area contributed by atoms with Crippen LogP contribution in [0, 0.1) is 12.8 Å². The maximum Gasteiger partial charge on any atom is 0.342 e. The molecule has 0 saturated heterocycles. The maximum absolute atomic E-state index is 13.1. The van der Waals surface area contributed by atoms with Gasteiger partial charge in [0.2, 0.25) is 0 Å². The third-order valence-corrected chi connectivity index (χ3v) is 15.3. The summed E-state index contributed by atoms with van der Waals surface area (Å²) in [6.45, 7) is 10.6. The third-order valence-electron chi connectivity index (χ3n) is 15.3. The number of benzene rings is 1. The number of phenols is 1. The number of allylic oxidation sites excluding steroid dienone is 2. The number of rotatable bonds is 51. The number of aromatic hydroxyl groups is 1. The minimum Gasteiger partial charge on any atom is -0.507 e. The maximum atomic E-state index is 13.1. The molecule has 1 unspecified atom stereocenters. The average molecular weight is 1080 g/mol. The molecule has 0 spiro atoms. The second-order valence-corrected chi connectivity index (χ2v) is 22.4. The number of fused-ring (bicyclic) bond motifs is 1. The molecule has 0 amide bonds. The van der Waals surface area contributed by atoms with Crippen molar-refractivity contribution in [2.75, 3.05) is 26.9 Å². The zero-order valence-corrected chi connectivity index (χ0v) is 49.8. The lowest BCUT2D eigenvalue weighted by molar-refractivity contribution is -0.167. The van der Waals surface area contributed by atoms with E-state index in [-0.39, 0.29) is 73.8 Å². The van der Waals surface area contributed by atoms with Crippen molar-refractivity contribution < 1.29 is 57.5 Å². The Bertz CT molecular complexity index is 1740. The highest BCUT2D eigenvalue weighted by Gasteiger charge is 2.32. The first-order valence-electron chi connectivity index (χ1n) is 31.3. The molecule has 0 radical (unpaired) electrons. The lowest BCUT2D eigenvalue weighted by Crippen LogP contribution is -2.31. The molecule has 2 rings (SSSR count). The standard InChI is InChI=1S/C65H110O12/c1-7-9-11-13-15-17-19-21-23-25-29-33-37-41-58(66)74-49-55(50-75-59(67)42-38-34-30-26-24-22-20-18-16-14-12-10-8-2)77-61(69)48-53(4)40-36-32-28-27-31-35-39-47-73-60(68)46-44-52(3)43-45-56-63(70)62-57(51-76-65(62)71)54(5)64(56)72-6/h43,53,55,70H,7-42,44-51H2,1-6H3/b52-43+. The van der Waals surface area contributed by atoms with E-state index in [1.807, 2.05) is 19.9 Å². The summed E-state index contributed by atoms with van der Waals surface area (Å²) in [6.07, 6.45) is 43.3. The Morgan fingerprint density at radius 3 is 1.47 bits per heavy atom. The van der Waals surface area contributed by atoms with Gasteiger partial charge in [-0.3, -0.25) is 19.2 Å². The molecule has 1 atom stereocenters. The average Bonchev–Trinajstić information content (AvgIpc) is 3.84. The molecule has 77 heavy (non-hydrogen) atoms. The Labute approximate surface area is 468 Å². The number of unbranched alkanes of at least 4 members (excludes halogenated alkanes) is 30. The quantitative estimate of drug-likeness (QED) is 0.0285. The van der Waals surface area contributed by atoms with Crippen LogP contribution in [0.25, 0.3) is 0 Å². The number of cyclic esters (lactones) is 1. The van der Waals surface area contributed by atoms with Gasteiger partial charge in [-0.1, -0.05) is 231 Å². The zero-order valence-electron chi connectivity index (χ0n) is 49.8. The molecule has 0 aliphatic carbocycles. The number of phenolic OH excluding ortho intramolecular Hbond substituents is 1. The number of carbonyl (C=O) groups is 5. The van der Waals surface area contributed by atoms with Crippen LogP contribution >= 0.6 is 0 Å². The van der Waals surface area contributed by atoms with Crippen LogP contribution in [-0.4, -0.2) is 68.0 Å². The number of hydrogen-bond acceptors (Lipinski definition) is 12. The van der Waals surface area contributed by atoms with Crippen molar-refractivity contribution >= 4 is 29.8 Å². The van der Waals surface area contributed by atoms with Crippen molar-refractivity contribution in [2.24, 2.45) is 5.92 Å². The van der Waals surface area contributed by atoms with E-state index in [0.717, 1.165) is 101 Å². The smallest absolute Gasteiger partial charge is 0.342 e. The van der Waals surface area contributed by atoms with Crippen LogP contribution in [0.2, 0.25) is 0 Å². The number of ether oxygens (including phenoxy) is 6. The van der Waals surface area contributed by atoms with Crippen LogP contribution in [0.3, 0.4) is 0 Å². The van der Waals surface area contributed by atoms with Crippen molar-refractivity contribution in [2.45, 2.75) is 304 Å². The molecule has 1 N–H and O–H groups in total. The molecule has 0 saturated carbocycles. The summed E-state index contributed by atoms with van der Waals surface area (Å²) in [5.74, 6) is -1.19. The van der Waals surface area contributed by atoms with E-state index < -0.39 is 12.1 Å². The topological polar surface area (TPSA) is 161 Å². The summed E-state index contributed by atoms with van der Waals surface area (Å²) in [6, 6.07) is 0. The van der Waals surface area contributed by atoms with Gasteiger partial charge in [-0.05, 0) is 57.4 Å². The summed E-state index contributed by atoms with van der Waals surface area (Å²) >= 11 is 0. The van der Waals surface area contributed by atoms with Crippen molar-refractivity contribution in [3.63, 3.8) is 0 Å². The summed E-state index contributed by atoms with van der Waals surface area (Å²) in [5.41, 5.74) is 3.15. The lowest BCUT2D eigenvalue weighted by Gasteiger charge is -2.19. The van der Waals surface area contributed by atoms with Gasteiger partial charge in [0.1, 0.15) is 36.9 Å². The van der Waals surface area contributed by atoms with Gasteiger partial charge in [-0.15, -0.1) is 0 Å². The summed E-state index contributed by atoms with van der Waals surface area (Å²) in [5, 5.41) is 10.9. The van der Waals surface area contributed by atoms with Crippen LogP contribution in [0.1, 0.15) is 305 Å². The number of methoxy groups -OCH3 is 1. The monoisotopic (exact) mass is 1080 g/mol. The highest BCUT2D eigenvalue weighted by atomic mass is 16.6. The molecule has 1 aliphatic rings. The fourth-order valence-electron chi connectivity index (χ4n) is 10.3. The van der Waals surface area contributed by atoms with E-state index in [9.17, 15) is 29.1 Å². The van der Waals surface area contributed by atoms with E-state index in [4.69, 9.17) is 28.4 Å². The first-order valence-corrected chi connectivity index (χ1v) is 31.3. The Morgan fingerprint density at radius 2 is 1.00 bits per heavy atom. The summed E-state index contributed by atoms with van der Waals surface area (Å²) < 4.78 is 33.2. The van der Waals surface area contributed by atoms with E-state index in [0.29, 0.717) is 49.2 Å². The highest BCUT2D eigenvalue weighted by molar-refractivity contribution is 5.98. The molecular weight excluding hydrogens is 973 g/mol. The van der Waals surface area contributed by atoms with Crippen LogP contribution in [-0.2, 0) is 55.9 Å². The third kappa shape index (κ3) is 33.8. The van der Waals surface area contributed by atoms with E-state index >= 15 is 0 Å². The number of hydrogen-bond donors (Lipinski definition) is 1. The van der Waals surface area contributed by atoms with Crippen LogP contribution in [0.4, 0.5) is 0 Å². The van der Waals surface area contributed by atoms with Crippen molar-refractivity contribution in [1.29, 1.82) is 0 Å². The van der Waals surface area contributed by atoms with Gasteiger partial charge < -0.3 is 33.5 Å². The van der Waals surface area contributed by atoms with Gasteiger partial charge in [0, 0.05) is 36.8 Å². The zero-order chi connectivity index (χ0) is 56.1. The highest BCUT2D eigenvalue weighted by Crippen LogP contribution is 2.42.